The van der Waals surface area contributed by atoms with E-state index in [4.69, 9.17) is 4.52 Å². The van der Waals surface area contributed by atoms with Crippen molar-refractivity contribution in [1.29, 1.82) is 0 Å². The van der Waals surface area contributed by atoms with Crippen LogP contribution in [0.5, 0.6) is 0 Å². The third-order valence-electron chi connectivity index (χ3n) is 5.39. The molecule has 1 N–H and O–H groups in total. The van der Waals surface area contributed by atoms with Gasteiger partial charge >= 0.3 is 0 Å². The summed E-state index contributed by atoms with van der Waals surface area (Å²) in [7, 11) is 0. The van der Waals surface area contributed by atoms with E-state index in [-0.39, 0.29) is 17.4 Å². The van der Waals surface area contributed by atoms with Crippen LogP contribution < -0.4 is 5.32 Å². The Hall–Kier alpha value is -3.27. The molecule has 0 aliphatic carbocycles. The minimum Gasteiger partial charge on any atom is -0.352 e. The van der Waals surface area contributed by atoms with Crippen molar-refractivity contribution < 1.29 is 13.7 Å². The molecule has 0 unspecified atom stereocenters. The molecule has 10 heteroatoms. The van der Waals surface area contributed by atoms with Gasteiger partial charge in [-0.1, -0.05) is 30.8 Å². The first kappa shape index (κ1) is 23.9. The van der Waals surface area contributed by atoms with Crippen molar-refractivity contribution in [2.45, 2.75) is 45.3 Å². The van der Waals surface area contributed by atoms with Crippen LogP contribution in [0.3, 0.4) is 0 Å². The molecule has 1 amide bonds. The first-order valence-corrected chi connectivity index (χ1v) is 12.4. The van der Waals surface area contributed by atoms with Crippen molar-refractivity contribution in [2.24, 2.45) is 5.92 Å². The molecule has 0 saturated heterocycles. The molecule has 0 atom stereocenters. The highest BCUT2D eigenvalue weighted by Gasteiger charge is 2.19. The number of fused-ring (bicyclic) bond motifs is 1. The van der Waals surface area contributed by atoms with Crippen LogP contribution in [-0.4, -0.2) is 43.6 Å². The number of amides is 1. The van der Waals surface area contributed by atoms with Crippen LogP contribution in [0.25, 0.3) is 22.4 Å². The molecule has 34 heavy (non-hydrogen) atoms. The molecule has 3 aromatic heterocycles. The van der Waals surface area contributed by atoms with Gasteiger partial charge in [0.25, 0.3) is 11.6 Å². The number of thioether (sulfide) groups is 1. The number of nitrogens with zero attached hydrogens (tertiary/aromatic N) is 5. The highest BCUT2D eigenvalue weighted by atomic mass is 32.2. The lowest BCUT2D eigenvalue weighted by molar-refractivity contribution is 0.0954. The molecule has 3 heterocycles. The van der Waals surface area contributed by atoms with Gasteiger partial charge in [-0.05, 0) is 55.9 Å². The Morgan fingerprint density at radius 2 is 2.00 bits per heavy atom. The van der Waals surface area contributed by atoms with Crippen LogP contribution in [0.2, 0.25) is 0 Å². The molecule has 0 aliphatic rings. The normalized spacial score (nSPS) is 11.5. The van der Waals surface area contributed by atoms with E-state index in [0.29, 0.717) is 46.8 Å². The van der Waals surface area contributed by atoms with Gasteiger partial charge in [-0.3, -0.25) is 4.79 Å². The Bertz CT molecular complexity index is 1300. The maximum atomic E-state index is 13.3. The Balaban J connectivity index is 1.49. The molecule has 0 fully saturated rings. The summed E-state index contributed by atoms with van der Waals surface area (Å²) in [6.45, 7) is 7.43. The van der Waals surface area contributed by atoms with Gasteiger partial charge < -0.3 is 14.4 Å². The molecule has 0 spiro atoms. The minimum atomic E-state index is -0.341. The predicted molar refractivity (Wildman–Crippen MR) is 129 cm³/mol. The minimum absolute atomic E-state index is 0.240. The summed E-state index contributed by atoms with van der Waals surface area (Å²) in [5.41, 5.74) is 2.48. The number of benzene rings is 1. The molecule has 8 nitrogen and oxygen atoms in total. The lowest BCUT2D eigenvalue weighted by Crippen LogP contribution is -2.25. The zero-order valence-corrected chi connectivity index (χ0v) is 20.4. The molecule has 0 saturated carbocycles. The highest BCUT2D eigenvalue weighted by Crippen LogP contribution is 2.27. The number of pyridine rings is 1. The number of aryl methyl sites for hydroxylation is 2. The van der Waals surface area contributed by atoms with Crippen LogP contribution in [-0.2, 0) is 13.0 Å². The van der Waals surface area contributed by atoms with Crippen LogP contribution >= 0.6 is 11.8 Å². The Kier molecular flexibility index (Phi) is 7.26. The number of nitrogens with one attached hydrogen (secondary N) is 1. The molecular formula is C24H27FN6O2S. The van der Waals surface area contributed by atoms with Crippen molar-refractivity contribution >= 4 is 28.8 Å². The van der Waals surface area contributed by atoms with E-state index < -0.39 is 0 Å². The summed E-state index contributed by atoms with van der Waals surface area (Å²) < 4.78 is 20.8. The van der Waals surface area contributed by atoms with Crippen molar-refractivity contribution in [3.8, 4) is 11.3 Å². The second-order valence-electron chi connectivity index (χ2n) is 8.48. The second kappa shape index (κ2) is 10.3. The van der Waals surface area contributed by atoms with Gasteiger partial charge in [-0.25, -0.2) is 9.37 Å². The Morgan fingerprint density at radius 1 is 1.24 bits per heavy atom. The average Bonchev–Trinajstić information content (AvgIpc) is 3.39. The van der Waals surface area contributed by atoms with Gasteiger partial charge in [0, 0.05) is 25.1 Å². The second-order valence-corrected chi connectivity index (χ2v) is 9.25. The van der Waals surface area contributed by atoms with E-state index >= 15 is 0 Å². The smallest absolute Gasteiger partial charge is 0.259 e. The van der Waals surface area contributed by atoms with E-state index in [0.717, 1.165) is 23.9 Å². The molecule has 4 rings (SSSR count). The molecule has 4 aromatic rings. The zero-order chi connectivity index (χ0) is 24.2. The first-order valence-electron chi connectivity index (χ1n) is 11.1. The maximum absolute atomic E-state index is 13.3. The van der Waals surface area contributed by atoms with Crippen LogP contribution in [0.15, 0.2) is 40.0 Å². The van der Waals surface area contributed by atoms with E-state index in [1.165, 1.54) is 12.1 Å². The monoisotopic (exact) mass is 482 g/mol. The van der Waals surface area contributed by atoms with E-state index in [9.17, 15) is 9.18 Å². The first-order chi connectivity index (χ1) is 16.4. The lowest BCUT2D eigenvalue weighted by Gasteiger charge is -2.12. The van der Waals surface area contributed by atoms with Gasteiger partial charge in [-0.15, -0.1) is 10.2 Å². The van der Waals surface area contributed by atoms with Gasteiger partial charge in [0.15, 0.2) is 5.16 Å². The number of rotatable bonds is 9. The van der Waals surface area contributed by atoms with E-state index in [1.54, 1.807) is 36.9 Å². The molecule has 1 aromatic carbocycles. The van der Waals surface area contributed by atoms with Gasteiger partial charge in [0.05, 0.1) is 22.3 Å². The van der Waals surface area contributed by atoms with Crippen LogP contribution in [0.4, 0.5) is 4.39 Å². The number of carbonyl (C=O) groups excluding carboxylic acids is 1. The topological polar surface area (TPSA) is 98.7 Å². The van der Waals surface area contributed by atoms with Crippen LogP contribution in [0.1, 0.15) is 42.1 Å². The van der Waals surface area contributed by atoms with Crippen molar-refractivity contribution in [3.63, 3.8) is 0 Å². The molecule has 178 valence electrons. The number of aromatic nitrogens is 5. The fourth-order valence-corrected chi connectivity index (χ4v) is 4.31. The Morgan fingerprint density at radius 3 is 2.71 bits per heavy atom. The number of hydrogen-bond donors (Lipinski definition) is 1. The Labute approximate surface area is 201 Å². The number of halogens is 1. The zero-order valence-electron chi connectivity index (χ0n) is 19.6. The molecular weight excluding hydrogens is 455 g/mol. The van der Waals surface area contributed by atoms with Gasteiger partial charge in [0.2, 0.25) is 0 Å². The van der Waals surface area contributed by atoms with E-state index in [2.05, 4.69) is 44.1 Å². The summed E-state index contributed by atoms with van der Waals surface area (Å²) in [5.74, 6) is 0.825. The van der Waals surface area contributed by atoms with Gasteiger partial charge in [-0.2, -0.15) is 0 Å². The summed E-state index contributed by atoms with van der Waals surface area (Å²) >= 11 is 1.58. The fourth-order valence-electron chi connectivity index (χ4n) is 3.79. The number of carbonyl (C=O) groups is 1. The summed E-state index contributed by atoms with van der Waals surface area (Å²) in [6, 6.07) is 7.63. The molecule has 0 aliphatic heterocycles. The SMILES string of the molecule is CSc1nnc(CCCNC(=O)c2cc(-c3ccc(F)cc3)nc3onc(C)c23)n1CC(C)C. The summed E-state index contributed by atoms with van der Waals surface area (Å²) in [6.07, 6.45) is 3.42. The predicted octanol–water partition coefficient (Wildman–Crippen LogP) is 4.67. The third kappa shape index (κ3) is 5.11. The fraction of sp³-hybridized carbons (Fsp3) is 0.375. The average molecular weight is 483 g/mol. The maximum Gasteiger partial charge on any atom is 0.259 e. The lowest BCUT2D eigenvalue weighted by atomic mass is 10.0. The van der Waals surface area contributed by atoms with Crippen molar-refractivity contribution in [1.82, 2.24) is 30.2 Å². The summed E-state index contributed by atoms with van der Waals surface area (Å²) in [4.78, 5) is 17.6. The van der Waals surface area contributed by atoms with Gasteiger partial charge in [0.1, 0.15) is 11.6 Å². The standard InChI is InChI=1S/C24H27FN6O2S/c1-14(2)13-31-20(28-29-24(31)34-4)6-5-11-26-22(32)18-12-19(16-7-9-17(25)10-8-16)27-23-21(18)15(3)30-33-23/h7-10,12,14H,5-6,11,13H2,1-4H3,(H,26,32). The molecule has 0 radical (unpaired) electrons. The van der Waals surface area contributed by atoms with Crippen LogP contribution in [0, 0.1) is 18.7 Å². The molecule has 0 bridgehead atoms. The van der Waals surface area contributed by atoms with E-state index in [1.807, 2.05) is 6.26 Å². The van der Waals surface area contributed by atoms with Crippen molar-refractivity contribution in [2.75, 3.05) is 12.8 Å². The van der Waals surface area contributed by atoms with Crippen molar-refractivity contribution in [3.05, 3.63) is 53.2 Å². The quantitative estimate of drug-likeness (QED) is 0.273. The number of hydrogen-bond acceptors (Lipinski definition) is 7. The summed E-state index contributed by atoms with van der Waals surface area (Å²) in [5, 5.41) is 17.0. The third-order valence-corrected chi connectivity index (χ3v) is 6.06. The largest absolute Gasteiger partial charge is 0.352 e. The highest BCUT2D eigenvalue weighted by molar-refractivity contribution is 7.98.